The van der Waals surface area contributed by atoms with Gasteiger partial charge in [-0.15, -0.1) is 11.3 Å². The molecule has 2 aromatic heterocycles. The monoisotopic (exact) mass is 555 g/mol. The lowest BCUT2D eigenvalue weighted by molar-refractivity contribution is -0.119. The highest BCUT2D eigenvalue weighted by Gasteiger charge is 2.34. The Kier molecular flexibility index (Phi) is 6.85. The Balaban J connectivity index is 1.28. The van der Waals surface area contributed by atoms with E-state index in [9.17, 15) is 14.4 Å². The zero-order chi connectivity index (χ0) is 27.8. The van der Waals surface area contributed by atoms with Crippen LogP contribution in [0.15, 0.2) is 60.8 Å². The third kappa shape index (κ3) is 4.98. The highest BCUT2D eigenvalue weighted by molar-refractivity contribution is 7.21. The molecular formula is C30H29N5O4S. The van der Waals surface area contributed by atoms with Crippen LogP contribution in [0.5, 0.6) is 11.5 Å². The maximum atomic E-state index is 13.5. The smallest absolute Gasteiger partial charge is 0.331 e. The number of carbonyl (C=O) groups is 3. The van der Waals surface area contributed by atoms with Gasteiger partial charge in [0.1, 0.15) is 21.2 Å². The molecule has 0 spiro atoms. The van der Waals surface area contributed by atoms with Gasteiger partial charge >= 0.3 is 6.03 Å². The molecule has 0 saturated heterocycles. The average Bonchev–Trinajstić information content (AvgIpc) is 3.29. The predicted molar refractivity (Wildman–Crippen MR) is 156 cm³/mol. The summed E-state index contributed by atoms with van der Waals surface area (Å²) in [6, 6.07) is 16.6. The van der Waals surface area contributed by atoms with E-state index in [0.717, 1.165) is 36.0 Å². The van der Waals surface area contributed by atoms with Crippen molar-refractivity contribution in [2.45, 2.75) is 51.6 Å². The van der Waals surface area contributed by atoms with E-state index in [1.807, 2.05) is 55.5 Å². The molecule has 0 radical (unpaired) electrons. The van der Waals surface area contributed by atoms with Gasteiger partial charge in [0.15, 0.2) is 0 Å². The molecule has 2 aliphatic rings. The van der Waals surface area contributed by atoms with Crippen molar-refractivity contribution in [1.82, 2.24) is 15.6 Å². The Morgan fingerprint density at radius 1 is 1.02 bits per heavy atom. The van der Waals surface area contributed by atoms with Crippen LogP contribution in [0.2, 0.25) is 0 Å². The molecule has 0 unspecified atom stereocenters. The summed E-state index contributed by atoms with van der Waals surface area (Å²) in [5.41, 5.74) is 2.72. The number of benzene rings is 2. The highest BCUT2D eigenvalue weighted by atomic mass is 32.1. The Bertz CT molecular complexity index is 1620. The molecule has 3 N–H and O–H groups in total. The topological polar surface area (TPSA) is 113 Å². The number of anilines is 3. The Morgan fingerprint density at radius 3 is 2.55 bits per heavy atom. The fourth-order valence-corrected chi connectivity index (χ4v) is 6.56. The first-order valence-electron chi connectivity index (χ1n) is 13.3. The zero-order valence-electron chi connectivity index (χ0n) is 22.2. The molecule has 10 heteroatoms. The summed E-state index contributed by atoms with van der Waals surface area (Å²) in [6.07, 6.45) is 5.00. The number of hydrogen-bond donors (Lipinski definition) is 3. The van der Waals surface area contributed by atoms with Gasteiger partial charge in [-0.25, -0.2) is 9.78 Å². The van der Waals surface area contributed by atoms with Gasteiger partial charge in [-0.05, 0) is 74.6 Å². The molecule has 40 heavy (non-hydrogen) atoms. The second kappa shape index (κ2) is 10.6. The first-order valence-corrected chi connectivity index (χ1v) is 14.1. The number of thiophene rings is 1. The maximum absolute atomic E-state index is 13.5. The Labute approximate surface area is 235 Å². The largest absolute Gasteiger partial charge is 0.457 e. The van der Waals surface area contributed by atoms with E-state index in [0.29, 0.717) is 38.9 Å². The minimum Gasteiger partial charge on any atom is -0.457 e. The fraction of sp³-hybridized carbons (Fsp3) is 0.267. The average molecular weight is 556 g/mol. The molecule has 1 saturated carbocycles. The normalized spacial score (nSPS) is 18.2. The molecule has 204 valence electrons. The van der Waals surface area contributed by atoms with Crippen molar-refractivity contribution in [1.29, 1.82) is 0 Å². The number of aryl methyl sites for hydroxylation is 1. The molecular weight excluding hydrogens is 526 g/mol. The summed E-state index contributed by atoms with van der Waals surface area (Å²) in [5.74, 6) is 1.09. The first kappa shape index (κ1) is 25.8. The number of rotatable bonds is 6. The molecule has 1 fully saturated rings. The minimum absolute atomic E-state index is 0.0477. The summed E-state index contributed by atoms with van der Waals surface area (Å²) < 4.78 is 5.97. The molecule has 9 nitrogen and oxygen atoms in total. The van der Waals surface area contributed by atoms with Gasteiger partial charge in [0.2, 0.25) is 5.91 Å². The van der Waals surface area contributed by atoms with Crippen LogP contribution >= 0.6 is 11.3 Å². The molecule has 4 amide bonds. The second-order valence-corrected chi connectivity index (χ2v) is 11.2. The molecule has 1 aliphatic heterocycles. The third-order valence-electron chi connectivity index (χ3n) is 7.26. The van der Waals surface area contributed by atoms with E-state index in [1.54, 1.807) is 17.2 Å². The predicted octanol–water partition coefficient (Wildman–Crippen LogP) is 6.26. The maximum Gasteiger partial charge on any atom is 0.331 e. The van der Waals surface area contributed by atoms with Gasteiger partial charge in [0.05, 0.1) is 22.4 Å². The fourth-order valence-electron chi connectivity index (χ4n) is 5.54. The molecule has 2 aromatic carbocycles. The number of amides is 4. The van der Waals surface area contributed by atoms with E-state index in [2.05, 4.69) is 20.9 Å². The number of para-hydroxylation sites is 1. The summed E-state index contributed by atoms with van der Waals surface area (Å²) in [7, 11) is 0. The summed E-state index contributed by atoms with van der Waals surface area (Å²) in [5, 5.41) is 9.79. The van der Waals surface area contributed by atoms with Crippen LogP contribution in [0, 0.1) is 6.92 Å². The summed E-state index contributed by atoms with van der Waals surface area (Å²) in [4.78, 5) is 45.7. The van der Waals surface area contributed by atoms with Crippen LogP contribution in [-0.4, -0.2) is 34.9 Å². The van der Waals surface area contributed by atoms with Crippen LogP contribution in [-0.2, 0) is 4.79 Å². The van der Waals surface area contributed by atoms with Gasteiger partial charge in [-0.2, -0.15) is 0 Å². The SMILES string of the molecule is CC(=O)N[C@H]1CCC[C@@H](NC(=O)c2sc3nccc4c3c2NC(=O)N4c2ccc(Oc3ccccc3)cc2C)C1. The first-order chi connectivity index (χ1) is 19.4. The molecule has 3 heterocycles. The van der Waals surface area contributed by atoms with Crippen LogP contribution in [0.25, 0.3) is 10.2 Å². The molecule has 4 aromatic rings. The van der Waals surface area contributed by atoms with Crippen LogP contribution in [0.3, 0.4) is 0 Å². The third-order valence-corrected chi connectivity index (χ3v) is 8.35. The zero-order valence-corrected chi connectivity index (χ0v) is 23.0. The standard InChI is InChI=1S/C30H29N5O4S/c1-17-15-22(39-21-9-4-3-5-10-21)11-12-23(17)35-24-13-14-31-29-25(24)26(34-30(35)38)27(40-29)28(37)33-20-8-6-7-19(16-20)32-18(2)36/h3-5,9-15,19-20H,6-8,16H2,1-2H3,(H,32,36)(H,33,37)(H,34,38)/t19-,20+/m0/s1. The highest BCUT2D eigenvalue weighted by Crippen LogP contribution is 2.46. The lowest BCUT2D eigenvalue weighted by Gasteiger charge is -2.31. The summed E-state index contributed by atoms with van der Waals surface area (Å²) >= 11 is 1.26. The number of nitrogens with zero attached hydrogens (tertiary/aromatic N) is 2. The van der Waals surface area contributed by atoms with E-state index < -0.39 is 0 Å². The van der Waals surface area contributed by atoms with Gasteiger partial charge in [0, 0.05) is 25.2 Å². The second-order valence-electron chi connectivity index (χ2n) is 10.2. The number of ether oxygens (including phenoxy) is 1. The number of pyridine rings is 1. The molecule has 6 rings (SSSR count). The number of nitrogens with one attached hydrogen (secondary N) is 3. The van der Waals surface area contributed by atoms with E-state index in [4.69, 9.17) is 4.74 Å². The van der Waals surface area contributed by atoms with Crippen molar-refractivity contribution in [3.63, 3.8) is 0 Å². The number of carbonyl (C=O) groups excluding carboxylic acids is 3. The van der Waals surface area contributed by atoms with Gasteiger partial charge in [-0.1, -0.05) is 18.2 Å². The lowest BCUT2D eigenvalue weighted by atomic mass is 9.91. The van der Waals surface area contributed by atoms with Crippen LogP contribution in [0.1, 0.15) is 47.8 Å². The minimum atomic E-state index is -0.351. The Hall–Kier alpha value is -4.44. The number of aromatic nitrogens is 1. The Morgan fingerprint density at radius 2 is 1.80 bits per heavy atom. The van der Waals surface area contributed by atoms with E-state index in [-0.39, 0.29) is 29.9 Å². The van der Waals surface area contributed by atoms with Crippen molar-refractivity contribution in [2.75, 3.05) is 10.2 Å². The van der Waals surface area contributed by atoms with Crippen molar-refractivity contribution < 1.29 is 19.1 Å². The van der Waals surface area contributed by atoms with Crippen molar-refractivity contribution >= 4 is 56.5 Å². The van der Waals surface area contributed by atoms with Crippen molar-refractivity contribution in [3.05, 3.63) is 71.2 Å². The summed E-state index contributed by atoms with van der Waals surface area (Å²) in [6.45, 7) is 3.44. The molecule has 0 bridgehead atoms. The van der Waals surface area contributed by atoms with Crippen molar-refractivity contribution in [2.24, 2.45) is 0 Å². The van der Waals surface area contributed by atoms with Crippen molar-refractivity contribution in [3.8, 4) is 11.5 Å². The lowest BCUT2D eigenvalue weighted by Crippen LogP contribution is -2.45. The van der Waals surface area contributed by atoms with Gasteiger partial charge < -0.3 is 20.7 Å². The van der Waals surface area contributed by atoms with E-state index >= 15 is 0 Å². The van der Waals surface area contributed by atoms with Gasteiger partial charge in [-0.3, -0.25) is 14.5 Å². The van der Waals surface area contributed by atoms with E-state index in [1.165, 1.54) is 18.3 Å². The quantitative estimate of drug-likeness (QED) is 0.260. The number of urea groups is 1. The molecule has 1 aliphatic carbocycles. The van der Waals surface area contributed by atoms with Gasteiger partial charge in [0.25, 0.3) is 5.91 Å². The number of hydrogen-bond acceptors (Lipinski definition) is 6. The molecule has 2 atom stereocenters. The van der Waals surface area contributed by atoms with Crippen LogP contribution < -0.4 is 25.6 Å². The van der Waals surface area contributed by atoms with Crippen LogP contribution in [0.4, 0.5) is 21.9 Å².